The van der Waals surface area contributed by atoms with E-state index >= 15 is 0 Å². The van der Waals surface area contributed by atoms with E-state index < -0.39 is 0 Å². The Hall–Kier alpha value is -1.92. The lowest BCUT2D eigenvalue weighted by Gasteiger charge is -2.35. The molecule has 1 aliphatic heterocycles. The third-order valence-corrected chi connectivity index (χ3v) is 4.85. The highest BCUT2D eigenvalue weighted by Crippen LogP contribution is 2.17. The Morgan fingerprint density at radius 3 is 2.56 bits per heavy atom. The van der Waals surface area contributed by atoms with Gasteiger partial charge in [0.05, 0.1) is 6.54 Å². The van der Waals surface area contributed by atoms with E-state index in [-0.39, 0.29) is 5.91 Å². The smallest absolute Gasteiger partial charge is 0.238 e. The summed E-state index contributed by atoms with van der Waals surface area (Å²) in [6, 6.07) is 5.97. The van der Waals surface area contributed by atoms with Crippen molar-refractivity contribution in [3.63, 3.8) is 0 Å². The zero-order valence-corrected chi connectivity index (χ0v) is 16.2. The molecule has 25 heavy (non-hydrogen) atoms. The van der Waals surface area contributed by atoms with E-state index in [4.69, 9.17) is 12.2 Å². The summed E-state index contributed by atoms with van der Waals surface area (Å²) in [5.74, 6) is 0.0325. The van der Waals surface area contributed by atoms with Crippen molar-refractivity contribution in [3.05, 3.63) is 41.5 Å². The maximum atomic E-state index is 12.3. The summed E-state index contributed by atoms with van der Waals surface area (Å²) in [5.41, 5.74) is 4.26. The molecule has 1 heterocycles. The number of aryl methyl sites for hydroxylation is 1. The molecule has 2 N–H and O–H groups in total. The lowest BCUT2D eigenvalue weighted by atomic mass is 10.1. The highest BCUT2D eigenvalue weighted by molar-refractivity contribution is 7.80. The fraction of sp³-hybridized carbons (Fsp3) is 0.474. The van der Waals surface area contributed by atoms with Crippen LogP contribution in [0, 0.1) is 13.8 Å². The zero-order chi connectivity index (χ0) is 18.4. The summed E-state index contributed by atoms with van der Waals surface area (Å²) in [5, 5.41) is 7.00. The maximum Gasteiger partial charge on any atom is 0.238 e. The molecule has 0 unspecified atom stereocenters. The first-order valence-electron chi connectivity index (χ1n) is 8.62. The van der Waals surface area contributed by atoms with E-state index in [0.717, 1.165) is 48.1 Å². The second-order valence-corrected chi connectivity index (χ2v) is 7.06. The predicted molar refractivity (Wildman–Crippen MR) is 108 cm³/mol. The molecule has 1 aromatic carbocycles. The van der Waals surface area contributed by atoms with Crippen molar-refractivity contribution in [1.82, 2.24) is 15.1 Å². The second kappa shape index (κ2) is 8.97. The van der Waals surface area contributed by atoms with Gasteiger partial charge in [-0.3, -0.25) is 9.69 Å². The number of carbonyl (C=O) groups excluding carboxylic acids is 1. The zero-order valence-electron chi connectivity index (χ0n) is 15.4. The number of nitrogens with one attached hydrogen (secondary N) is 2. The number of hydrogen-bond donors (Lipinski definition) is 2. The molecular weight excluding hydrogens is 332 g/mol. The number of benzene rings is 1. The number of piperazine rings is 1. The summed E-state index contributed by atoms with van der Waals surface area (Å²) in [4.78, 5) is 16.6. The topological polar surface area (TPSA) is 47.6 Å². The van der Waals surface area contributed by atoms with E-state index in [9.17, 15) is 4.79 Å². The molecule has 1 aromatic rings. The predicted octanol–water partition coefficient (Wildman–Crippen LogP) is 2.31. The number of anilines is 1. The van der Waals surface area contributed by atoms with Crippen LogP contribution in [0.25, 0.3) is 0 Å². The van der Waals surface area contributed by atoms with Crippen LogP contribution in [0.4, 0.5) is 5.69 Å². The fourth-order valence-corrected chi connectivity index (χ4v) is 2.98. The molecule has 5 nitrogen and oxygen atoms in total. The highest BCUT2D eigenvalue weighted by Gasteiger charge is 2.20. The third-order valence-electron chi connectivity index (χ3n) is 4.45. The van der Waals surface area contributed by atoms with E-state index in [1.165, 1.54) is 5.56 Å². The van der Waals surface area contributed by atoms with E-state index in [0.29, 0.717) is 13.1 Å². The summed E-state index contributed by atoms with van der Waals surface area (Å²) < 4.78 is 0. The first kappa shape index (κ1) is 19.4. The molecule has 0 atom stereocenters. The molecule has 0 aliphatic carbocycles. The van der Waals surface area contributed by atoms with Crippen molar-refractivity contribution >= 4 is 28.9 Å². The summed E-state index contributed by atoms with van der Waals surface area (Å²) >= 11 is 5.41. The quantitative estimate of drug-likeness (QED) is 0.623. The molecule has 0 spiro atoms. The van der Waals surface area contributed by atoms with E-state index in [1.54, 1.807) is 0 Å². The highest BCUT2D eigenvalue weighted by atomic mass is 32.1. The summed E-state index contributed by atoms with van der Waals surface area (Å²) in [6.45, 7) is 14.4. The van der Waals surface area contributed by atoms with Crippen molar-refractivity contribution in [1.29, 1.82) is 0 Å². The van der Waals surface area contributed by atoms with Gasteiger partial charge in [-0.15, -0.1) is 0 Å². The Labute approximate surface area is 156 Å². The number of rotatable bonds is 5. The van der Waals surface area contributed by atoms with Gasteiger partial charge in [-0.25, -0.2) is 0 Å². The van der Waals surface area contributed by atoms with Gasteiger partial charge in [-0.2, -0.15) is 0 Å². The van der Waals surface area contributed by atoms with Crippen LogP contribution < -0.4 is 10.6 Å². The standard InChI is InChI=1S/C19H28N4OS/c1-14(2)12-20-19(25)23-10-8-22(9-11-23)13-18(24)21-17-7-5-6-15(3)16(17)4/h5-7H,1,8-13H2,2-4H3,(H,20,25)(H,21,24). The minimum atomic E-state index is 0.0325. The van der Waals surface area contributed by atoms with Gasteiger partial charge < -0.3 is 15.5 Å². The molecule has 0 saturated carbocycles. The van der Waals surface area contributed by atoms with Gasteiger partial charge in [0.2, 0.25) is 5.91 Å². The minimum absolute atomic E-state index is 0.0325. The fourth-order valence-electron chi connectivity index (χ4n) is 2.73. The average molecular weight is 361 g/mol. The van der Waals surface area contributed by atoms with Gasteiger partial charge in [0.15, 0.2) is 5.11 Å². The van der Waals surface area contributed by atoms with Gasteiger partial charge >= 0.3 is 0 Å². The van der Waals surface area contributed by atoms with Gasteiger partial charge in [0.25, 0.3) is 0 Å². The SMILES string of the molecule is C=C(C)CNC(=S)N1CCN(CC(=O)Nc2cccc(C)c2C)CC1. The minimum Gasteiger partial charge on any atom is -0.359 e. The normalized spacial score (nSPS) is 14.9. The van der Waals surface area contributed by atoms with Crippen LogP contribution in [0.2, 0.25) is 0 Å². The molecule has 6 heteroatoms. The number of thiocarbonyl (C=S) groups is 1. The molecule has 1 fully saturated rings. The van der Waals surface area contributed by atoms with Crippen molar-refractivity contribution in [2.45, 2.75) is 20.8 Å². The van der Waals surface area contributed by atoms with Crippen molar-refractivity contribution in [2.24, 2.45) is 0 Å². The van der Waals surface area contributed by atoms with Gasteiger partial charge in [-0.05, 0) is 50.2 Å². The number of amides is 1. The second-order valence-electron chi connectivity index (χ2n) is 6.67. The number of carbonyl (C=O) groups is 1. The van der Waals surface area contributed by atoms with Crippen LogP contribution in [0.5, 0.6) is 0 Å². The Morgan fingerprint density at radius 2 is 1.92 bits per heavy atom. The summed E-state index contributed by atoms with van der Waals surface area (Å²) in [6.07, 6.45) is 0. The molecule has 2 rings (SSSR count). The maximum absolute atomic E-state index is 12.3. The Morgan fingerprint density at radius 1 is 1.24 bits per heavy atom. The molecule has 136 valence electrons. The van der Waals surface area contributed by atoms with Crippen LogP contribution in [0.15, 0.2) is 30.4 Å². The Bertz CT molecular complexity index is 651. The molecule has 1 aliphatic rings. The van der Waals surface area contributed by atoms with Gasteiger partial charge in [0, 0.05) is 38.4 Å². The van der Waals surface area contributed by atoms with Gasteiger partial charge in [0.1, 0.15) is 0 Å². The van der Waals surface area contributed by atoms with Gasteiger partial charge in [-0.1, -0.05) is 24.3 Å². The van der Waals surface area contributed by atoms with Crippen LogP contribution in [0.1, 0.15) is 18.1 Å². The average Bonchev–Trinajstić information content (AvgIpc) is 2.57. The Kier molecular flexibility index (Phi) is 6.96. The van der Waals surface area contributed by atoms with Crippen LogP contribution >= 0.6 is 12.2 Å². The van der Waals surface area contributed by atoms with Crippen molar-refractivity contribution in [3.8, 4) is 0 Å². The summed E-state index contributed by atoms with van der Waals surface area (Å²) in [7, 11) is 0. The molecule has 0 aromatic heterocycles. The van der Waals surface area contributed by atoms with E-state index in [1.807, 2.05) is 26.0 Å². The van der Waals surface area contributed by atoms with Crippen LogP contribution in [0.3, 0.4) is 0 Å². The van der Waals surface area contributed by atoms with E-state index in [2.05, 4.69) is 40.0 Å². The number of hydrogen-bond acceptors (Lipinski definition) is 3. The molecule has 1 amide bonds. The third kappa shape index (κ3) is 5.83. The largest absolute Gasteiger partial charge is 0.359 e. The molecule has 0 bridgehead atoms. The number of nitrogens with zero attached hydrogens (tertiary/aromatic N) is 2. The van der Waals surface area contributed by atoms with Crippen LogP contribution in [-0.4, -0.2) is 60.1 Å². The molecule has 0 radical (unpaired) electrons. The molecule has 1 saturated heterocycles. The van der Waals surface area contributed by atoms with Crippen molar-refractivity contribution in [2.75, 3.05) is 44.6 Å². The first-order chi connectivity index (χ1) is 11.9. The first-order valence-corrected chi connectivity index (χ1v) is 9.03. The van der Waals surface area contributed by atoms with Crippen LogP contribution in [-0.2, 0) is 4.79 Å². The van der Waals surface area contributed by atoms with Crippen molar-refractivity contribution < 1.29 is 4.79 Å². The monoisotopic (exact) mass is 360 g/mol. The lowest BCUT2D eigenvalue weighted by Crippen LogP contribution is -2.53. The lowest BCUT2D eigenvalue weighted by molar-refractivity contribution is -0.117. The molecular formula is C19H28N4OS. The Balaban J connectivity index is 1.77.